The summed E-state index contributed by atoms with van der Waals surface area (Å²) >= 11 is 0. The van der Waals surface area contributed by atoms with Crippen LogP contribution in [0.15, 0.2) is 36.7 Å². The van der Waals surface area contributed by atoms with Gasteiger partial charge in [0.15, 0.2) is 0 Å². The maximum atomic E-state index is 11.4. The fraction of sp³-hybridized carbons (Fsp3) is 0.375. The van der Waals surface area contributed by atoms with Crippen LogP contribution in [-0.4, -0.2) is 27.6 Å². The van der Waals surface area contributed by atoms with E-state index in [1.165, 1.54) is 0 Å². The van der Waals surface area contributed by atoms with Crippen molar-refractivity contribution in [3.05, 3.63) is 47.8 Å². The van der Waals surface area contributed by atoms with Crippen molar-refractivity contribution in [2.75, 3.05) is 12.4 Å². The minimum absolute atomic E-state index is 0.0639. The number of hydrogen-bond acceptors (Lipinski definition) is 3. The molecule has 0 aliphatic heterocycles. The molecular weight excluding hydrogens is 264 g/mol. The SMILES string of the molecule is CCn1cc(CNc2ccccc2CN(C)C(C)=O)cn1. The van der Waals surface area contributed by atoms with Gasteiger partial charge in [-0.05, 0) is 18.6 Å². The van der Waals surface area contributed by atoms with Crippen LogP contribution in [0.3, 0.4) is 0 Å². The van der Waals surface area contributed by atoms with Crippen molar-refractivity contribution >= 4 is 11.6 Å². The van der Waals surface area contributed by atoms with Crippen molar-refractivity contribution in [1.82, 2.24) is 14.7 Å². The first kappa shape index (κ1) is 15.1. The van der Waals surface area contributed by atoms with Crippen LogP contribution in [0.4, 0.5) is 5.69 Å². The van der Waals surface area contributed by atoms with Crippen LogP contribution >= 0.6 is 0 Å². The van der Waals surface area contributed by atoms with E-state index < -0.39 is 0 Å². The largest absolute Gasteiger partial charge is 0.381 e. The fourth-order valence-corrected chi connectivity index (χ4v) is 2.07. The number of amides is 1. The Labute approximate surface area is 125 Å². The molecule has 0 saturated heterocycles. The van der Waals surface area contributed by atoms with Gasteiger partial charge in [0.05, 0.1) is 6.20 Å². The zero-order chi connectivity index (χ0) is 15.2. The second kappa shape index (κ2) is 6.92. The molecule has 0 aliphatic carbocycles. The van der Waals surface area contributed by atoms with Crippen LogP contribution in [-0.2, 0) is 24.4 Å². The highest BCUT2D eigenvalue weighted by molar-refractivity contribution is 5.73. The molecular formula is C16H22N4O. The number of benzene rings is 1. The van der Waals surface area contributed by atoms with Gasteiger partial charge in [0.25, 0.3) is 0 Å². The molecule has 0 radical (unpaired) electrons. The van der Waals surface area contributed by atoms with E-state index in [1.807, 2.05) is 48.4 Å². The van der Waals surface area contributed by atoms with Gasteiger partial charge in [0.1, 0.15) is 0 Å². The first-order valence-electron chi connectivity index (χ1n) is 7.15. The van der Waals surface area contributed by atoms with Gasteiger partial charge >= 0.3 is 0 Å². The highest BCUT2D eigenvalue weighted by Gasteiger charge is 2.07. The van der Waals surface area contributed by atoms with Crippen LogP contribution in [0.1, 0.15) is 25.0 Å². The number of nitrogens with zero attached hydrogens (tertiary/aromatic N) is 3. The fourth-order valence-electron chi connectivity index (χ4n) is 2.07. The molecule has 1 amide bonds. The van der Waals surface area contributed by atoms with Gasteiger partial charge in [-0.2, -0.15) is 5.10 Å². The van der Waals surface area contributed by atoms with Gasteiger partial charge in [-0.15, -0.1) is 0 Å². The zero-order valence-corrected chi connectivity index (χ0v) is 12.8. The zero-order valence-electron chi connectivity index (χ0n) is 12.8. The minimum atomic E-state index is 0.0639. The van der Waals surface area contributed by atoms with Crippen molar-refractivity contribution in [1.29, 1.82) is 0 Å². The molecule has 1 aromatic heterocycles. The van der Waals surface area contributed by atoms with Gasteiger partial charge in [0, 0.05) is 51.1 Å². The summed E-state index contributed by atoms with van der Waals surface area (Å²) in [4.78, 5) is 13.1. The van der Waals surface area contributed by atoms with E-state index in [1.54, 1.807) is 11.8 Å². The topological polar surface area (TPSA) is 50.2 Å². The first-order chi connectivity index (χ1) is 10.1. The van der Waals surface area contributed by atoms with Gasteiger partial charge in [0.2, 0.25) is 5.91 Å². The molecule has 0 atom stereocenters. The van der Waals surface area contributed by atoms with E-state index in [0.717, 1.165) is 29.9 Å². The van der Waals surface area contributed by atoms with E-state index in [-0.39, 0.29) is 5.91 Å². The maximum absolute atomic E-state index is 11.4. The molecule has 0 fully saturated rings. The Balaban J connectivity index is 2.04. The first-order valence-corrected chi connectivity index (χ1v) is 7.15. The molecule has 0 saturated carbocycles. The second-order valence-electron chi connectivity index (χ2n) is 5.09. The summed E-state index contributed by atoms with van der Waals surface area (Å²) in [7, 11) is 1.81. The number of rotatable bonds is 6. The third kappa shape index (κ3) is 4.08. The van der Waals surface area contributed by atoms with Gasteiger partial charge < -0.3 is 10.2 Å². The third-order valence-corrected chi connectivity index (χ3v) is 3.46. The molecule has 1 N–H and O–H groups in total. The average Bonchev–Trinajstić information content (AvgIpc) is 2.94. The van der Waals surface area contributed by atoms with E-state index in [2.05, 4.69) is 17.3 Å². The highest BCUT2D eigenvalue weighted by atomic mass is 16.2. The lowest BCUT2D eigenvalue weighted by Crippen LogP contribution is -2.23. The van der Waals surface area contributed by atoms with Crippen molar-refractivity contribution in [2.45, 2.75) is 33.5 Å². The van der Waals surface area contributed by atoms with Crippen LogP contribution in [0.25, 0.3) is 0 Å². The molecule has 1 heterocycles. The van der Waals surface area contributed by atoms with E-state index >= 15 is 0 Å². The molecule has 21 heavy (non-hydrogen) atoms. The molecule has 0 aliphatic rings. The molecule has 2 rings (SSSR count). The predicted molar refractivity (Wildman–Crippen MR) is 83.8 cm³/mol. The number of para-hydroxylation sites is 1. The Morgan fingerprint density at radius 2 is 2.14 bits per heavy atom. The summed E-state index contributed by atoms with van der Waals surface area (Å²) in [6.07, 6.45) is 3.91. The van der Waals surface area contributed by atoms with Crippen LogP contribution in [0.2, 0.25) is 0 Å². The number of aromatic nitrogens is 2. The van der Waals surface area contributed by atoms with Crippen molar-refractivity contribution in [3.63, 3.8) is 0 Å². The Morgan fingerprint density at radius 1 is 1.38 bits per heavy atom. The van der Waals surface area contributed by atoms with Crippen LogP contribution < -0.4 is 5.32 Å². The van der Waals surface area contributed by atoms with Gasteiger partial charge in [-0.3, -0.25) is 9.48 Å². The summed E-state index contributed by atoms with van der Waals surface area (Å²) in [6, 6.07) is 8.06. The lowest BCUT2D eigenvalue weighted by Gasteiger charge is -2.18. The van der Waals surface area contributed by atoms with Crippen LogP contribution in [0, 0.1) is 0 Å². The standard InChI is InChI=1S/C16H22N4O/c1-4-20-11-14(10-18-20)9-17-16-8-6-5-7-15(16)12-19(3)13(2)21/h5-8,10-11,17H,4,9,12H2,1-3H3. The van der Waals surface area contributed by atoms with Crippen molar-refractivity contribution in [2.24, 2.45) is 0 Å². The average molecular weight is 286 g/mol. The number of aryl methyl sites for hydroxylation is 1. The Morgan fingerprint density at radius 3 is 2.81 bits per heavy atom. The third-order valence-electron chi connectivity index (χ3n) is 3.46. The smallest absolute Gasteiger partial charge is 0.219 e. The van der Waals surface area contributed by atoms with Crippen molar-refractivity contribution in [3.8, 4) is 0 Å². The molecule has 112 valence electrons. The predicted octanol–water partition coefficient (Wildman–Crippen LogP) is 2.49. The van der Waals surface area contributed by atoms with Gasteiger partial charge in [-0.25, -0.2) is 0 Å². The number of carbonyl (C=O) groups is 1. The Hall–Kier alpha value is -2.30. The summed E-state index contributed by atoms with van der Waals surface area (Å²) in [5.74, 6) is 0.0639. The summed E-state index contributed by atoms with van der Waals surface area (Å²) in [5.41, 5.74) is 3.31. The number of hydrogen-bond donors (Lipinski definition) is 1. The van der Waals surface area contributed by atoms with E-state index in [0.29, 0.717) is 6.54 Å². The molecule has 0 spiro atoms. The quantitative estimate of drug-likeness (QED) is 0.887. The lowest BCUT2D eigenvalue weighted by atomic mass is 10.1. The normalized spacial score (nSPS) is 10.4. The Bertz CT molecular complexity index is 606. The molecule has 5 heteroatoms. The van der Waals surface area contributed by atoms with Crippen LogP contribution in [0.5, 0.6) is 0 Å². The molecule has 2 aromatic rings. The summed E-state index contributed by atoms with van der Waals surface area (Å²) in [6.45, 7) is 5.85. The van der Waals surface area contributed by atoms with E-state index in [9.17, 15) is 4.79 Å². The monoisotopic (exact) mass is 286 g/mol. The number of nitrogens with one attached hydrogen (secondary N) is 1. The summed E-state index contributed by atoms with van der Waals surface area (Å²) < 4.78 is 1.91. The van der Waals surface area contributed by atoms with Crippen molar-refractivity contribution < 1.29 is 4.79 Å². The number of carbonyl (C=O) groups excluding carboxylic acids is 1. The molecule has 5 nitrogen and oxygen atoms in total. The number of anilines is 1. The maximum Gasteiger partial charge on any atom is 0.219 e. The van der Waals surface area contributed by atoms with E-state index in [4.69, 9.17) is 0 Å². The second-order valence-corrected chi connectivity index (χ2v) is 5.09. The molecule has 0 unspecified atom stereocenters. The van der Waals surface area contributed by atoms with Gasteiger partial charge in [-0.1, -0.05) is 18.2 Å². The lowest BCUT2D eigenvalue weighted by molar-refractivity contribution is -0.128. The summed E-state index contributed by atoms with van der Waals surface area (Å²) in [5, 5.41) is 7.68. The molecule has 1 aromatic carbocycles. The minimum Gasteiger partial charge on any atom is -0.381 e. The Kier molecular flexibility index (Phi) is 4.98. The highest BCUT2D eigenvalue weighted by Crippen LogP contribution is 2.17. The molecule has 0 bridgehead atoms.